The van der Waals surface area contributed by atoms with Crippen molar-refractivity contribution in [2.24, 2.45) is 16.8 Å². The molecule has 1 aromatic heterocycles. The summed E-state index contributed by atoms with van der Waals surface area (Å²) in [6, 6.07) is 1.02. The predicted molar refractivity (Wildman–Crippen MR) is 115 cm³/mol. The Morgan fingerprint density at radius 3 is 2.77 bits per heavy atom. The summed E-state index contributed by atoms with van der Waals surface area (Å²) >= 11 is 0. The Morgan fingerprint density at radius 1 is 1.19 bits per heavy atom. The van der Waals surface area contributed by atoms with E-state index in [2.05, 4.69) is 37.3 Å². The number of nitrogens with one attached hydrogen (secondary N) is 2. The van der Waals surface area contributed by atoms with Gasteiger partial charge < -0.3 is 10.6 Å². The minimum atomic E-state index is 0. The molecule has 2 aliphatic carbocycles. The minimum absolute atomic E-state index is 0. The first kappa shape index (κ1) is 19.9. The Labute approximate surface area is 174 Å². The summed E-state index contributed by atoms with van der Waals surface area (Å²) in [4.78, 5) is 9.19. The van der Waals surface area contributed by atoms with Crippen molar-refractivity contribution in [3.63, 3.8) is 0 Å². The van der Waals surface area contributed by atoms with Crippen molar-refractivity contribution in [1.82, 2.24) is 25.4 Å². The standard InChI is InChI=1S/C19H32N6.HI/c1-3-20-19(23-17-11-16(17)14-7-5-4-6-8-14)22-15-9-10-18-21-13(2)24-25(18)12-15;/h14-17H,3-12H2,1-2H3,(H2,20,22,23);1H. The van der Waals surface area contributed by atoms with Crippen LogP contribution in [0.25, 0.3) is 0 Å². The minimum Gasteiger partial charge on any atom is -0.353 e. The normalized spacial score (nSPS) is 28.8. The van der Waals surface area contributed by atoms with Gasteiger partial charge in [-0.05, 0) is 38.5 Å². The van der Waals surface area contributed by atoms with E-state index in [0.29, 0.717) is 12.1 Å². The van der Waals surface area contributed by atoms with Crippen LogP contribution in [0.3, 0.4) is 0 Å². The fourth-order valence-electron chi connectivity index (χ4n) is 4.68. The fourth-order valence-corrected chi connectivity index (χ4v) is 4.68. The molecule has 3 atom stereocenters. The smallest absolute Gasteiger partial charge is 0.191 e. The van der Waals surface area contributed by atoms with Crippen LogP contribution in [-0.2, 0) is 13.0 Å². The van der Waals surface area contributed by atoms with Crippen LogP contribution in [-0.4, -0.2) is 39.4 Å². The molecule has 6 nitrogen and oxygen atoms in total. The molecule has 0 radical (unpaired) electrons. The number of fused-ring (bicyclic) bond motifs is 1. The Kier molecular flexibility index (Phi) is 6.80. The second kappa shape index (κ2) is 8.89. The van der Waals surface area contributed by atoms with Crippen LogP contribution in [0.4, 0.5) is 0 Å². The van der Waals surface area contributed by atoms with Gasteiger partial charge in [-0.1, -0.05) is 32.1 Å². The zero-order chi connectivity index (χ0) is 17.2. The molecule has 1 aromatic rings. The van der Waals surface area contributed by atoms with Gasteiger partial charge in [-0.3, -0.25) is 4.99 Å². The molecule has 2 fully saturated rings. The maximum atomic E-state index is 4.69. The highest BCUT2D eigenvalue weighted by atomic mass is 127. The molecule has 3 unspecified atom stereocenters. The van der Waals surface area contributed by atoms with Gasteiger partial charge in [0.05, 0.1) is 6.54 Å². The second-order valence-corrected chi connectivity index (χ2v) is 8.01. The average Bonchev–Trinajstić information content (AvgIpc) is 3.27. The average molecular weight is 472 g/mol. The summed E-state index contributed by atoms with van der Waals surface area (Å²) in [6.45, 7) is 5.78. The summed E-state index contributed by atoms with van der Waals surface area (Å²) < 4.78 is 2.06. The van der Waals surface area contributed by atoms with Crippen molar-refractivity contribution in [2.75, 3.05) is 6.54 Å². The number of rotatable bonds is 4. The predicted octanol–water partition coefficient (Wildman–Crippen LogP) is 3.04. The zero-order valence-electron chi connectivity index (χ0n) is 16.1. The van der Waals surface area contributed by atoms with E-state index in [1.807, 2.05) is 6.92 Å². The van der Waals surface area contributed by atoms with Crippen molar-refractivity contribution >= 4 is 29.9 Å². The highest BCUT2D eigenvalue weighted by molar-refractivity contribution is 14.0. The molecule has 1 aliphatic heterocycles. The molecule has 2 saturated carbocycles. The van der Waals surface area contributed by atoms with E-state index in [0.717, 1.165) is 55.4 Å². The van der Waals surface area contributed by atoms with E-state index in [1.54, 1.807) is 0 Å². The molecule has 7 heteroatoms. The topological polar surface area (TPSA) is 67.1 Å². The third-order valence-electron chi connectivity index (χ3n) is 6.04. The van der Waals surface area contributed by atoms with Gasteiger partial charge in [0.15, 0.2) is 5.96 Å². The summed E-state index contributed by atoms with van der Waals surface area (Å²) in [6.07, 6.45) is 10.6. The molecule has 0 bridgehead atoms. The van der Waals surface area contributed by atoms with Crippen LogP contribution in [0.15, 0.2) is 4.99 Å². The molecule has 0 amide bonds. The molecule has 2 N–H and O–H groups in total. The molecule has 4 rings (SSSR count). The lowest BCUT2D eigenvalue weighted by Gasteiger charge is -2.26. The first-order valence-electron chi connectivity index (χ1n) is 10.2. The van der Waals surface area contributed by atoms with Crippen LogP contribution in [0.1, 0.15) is 63.5 Å². The Bertz CT molecular complexity index is 622. The molecule has 2 heterocycles. The summed E-state index contributed by atoms with van der Waals surface area (Å²) in [5.74, 6) is 4.82. The number of guanidine groups is 1. The Balaban J connectivity index is 0.00000196. The third-order valence-corrected chi connectivity index (χ3v) is 6.04. The van der Waals surface area contributed by atoms with E-state index >= 15 is 0 Å². The van der Waals surface area contributed by atoms with E-state index < -0.39 is 0 Å². The van der Waals surface area contributed by atoms with Crippen molar-refractivity contribution in [3.8, 4) is 0 Å². The maximum absolute atomic E-state index is 4.69. The Hall–Kier alpha value is -0.860. The molecule has 3 aliphatic rings. The zero-order valence-corrected chi connectivity index (χ0v) is 18.4. The molecule has 0 spiro atoms. The van der Waals surface area contributed by atoms with Gasteiger partial charge in [0.2, 0.25) is 0 Å². The van der Waals surface area contributed by atoms with Crippen LogP contribution >= 0.6 is 24.0 Å². The van der Waals surface area contributed by atoms with Crippen LogP contribution < -0.4 is 10.6 Å². The van der Waals surface area contributed by atoms with E-state index in [-0.39, 0.29) is 24.0 Å². The van der Waals surface area contributed by atoms with Crippen molar-refractivity contribution in [3.05, 3.63) is 11.6 Å². The number of aryl methyl sites for hydroxylation is 2. The van der Waals surface area contributed by atoms with Crippen molar-refractivity contribution < 1.29 is 0 Å². The van der Waals surface area contributed by atoms with Crippen molar-refractivity contribution in [2.45, 2.75) is 83.8 Å². The quantitative estimate of drug-likeness (QED) is 0.402. The van der Waals surface area contributed by atoms with Gasteiger partial charge in [0.1, 0.15) is 11.6 Å². The van der Waals surface area contributed by atoms with Gasteiger partial charge in [-0.15, -0.1) is 24.0 Å². The number of halogens is 1. The summed E-state index contributed by atoms with van der Waals surface area (Å²) in [5.41, 5.74) is 0. The number of hydrogen-bond acceptors (Lipinski definition) is 3. The van der Waals surface area contributed by atoms with Gasteiger partial charge >= 0.3 is 0 Å². The van der Waals surface area contributed by atoms with Gasteiger partial charge in [0, 0.05) is 25.0 Å². The summed E-state index contributed by atoms with van der Waals surface area (Å²) in [5, 5.41) is 11.9. The largest absolute Gasteiger partial charge is 0.353 e. The lowest BCUT2D eigenvalue weighted by atomic mass is 9.85. The number of nitrogens with zero attached hydrogens (tertiary/aromatic N) is 4. The molecular weight excluding hydrogens is 439 g/mol. The highest BCUT2D eigenvalue weighted by Gasteiger charge is 2.43. The monoisotopic (exact) mass is 472 g/mol. The first-order valence-corrected chi connectivity index (χ1v) is 10.2. The van der Waals surface area contributed by atoms with Crippen LogP contribution in [0, 0.1) is 18.8 Å². The van der Waals surface area contributed by atoms with E-state index in [1.165, 1.54) is 38.5 Å². The SMILES string of the molecule is CCN=C(NC1CCc2nc(C)nn2C1)NC1CC1C1CCCCC1.I. The lowest BCUT2D eigenvalue weighted by molar-refractivity contribution is 0.315. The van der Waals surface area contributed by atoms with E-state index in [4.69, 9.17) is 0 Å². The fraction of sp³-hybridized carbons (Fsp3) is 0.842. The van der Waals surface area contributed by atoms with Gasteiger partial charge in [0.25, 0.3) is 0 Å². The third kappa shape index (κ3) is 4.70. The highest BCUT2D eigenvalue weighted by Crippen LogP contribution is 2.44. The number of aromatic nitrogens is 3. The number of hydrogen-bond donors (Lipinski definition) is 2. The molecule has 0 aromatic carbocycles. The van der Waals surface area contributed by atoms with Crippen LogP contribution in [0.2, 0.25) is 0 Å². The van der Waals surface area contributed by atoms with E-state index in [9.17, 15) is 0 Å². The molecular formula is C19H33IN6. The van der Waals surface area contributed by atoms with Crippen LogP contribution in [0.5, 0.6) is 0 Å². The second-order valence-electron chi connectivity index (χ2n) is 8.01. The van der Waals surface area contributed by atoms with Crippen molar-refractivity contribution in [1.29, 1.82) is 0 Å². The molecule has 26 heavy (non-hydrogen) atoms. The molecule has 0 saturated heterocycles. The lowest BCUT2D eigenvalue weighted by Crippen LogP contribution is -2.48. The number of aliphatic imine (C=N–C) groups is 1. The first-order chi connectivity index (χ1) is 12.2. The maximum Gasteiger partial charge on any atom is 0.191 e. The Morgan fingerprint density at radius 2 is 2.00 bits per heavy atom. The molecule has 146 valence electrons. The van der Waals surface area contributed by atoms with Gasteiger partial charge in [-0.25, -0.2) is 9.67 Å². The van der Waals surface area contributed by atoms with Gasteiger partial charge in [-0.2, -0.15) is 5.10 Å². The summed E-state index contributed by atoms with van der Waals surface area (Å²) in [7, 11) is 0.